The predicted molar refractivity (Wildman–Crippen MR) is 77.3 cm³/mol. The normalized spacial score (nSPS) is 12.1. The maximum atomic E-state index is 11.8. The van der Waals surface area contributed by atoms with Gasteiger partial charge in [0, 0.05) is 18.4 Å². The lowest BCUT2D eigenvalue weighted by molar-refractivity contribution is -0.0574. The number of hydrogen-bond acceptors (Lipinski definition) is 3. The van der Waals surface area contributed by atoms with E-state index in [0.717, 1.165) is 25.0 Å². The Bertz CT molecular complexity index is 448. The Labute approximate surface area is 115 Å². The van der Waals surface area contributed by atoms with Crippen LogP contribution < -0.4 is 5.56 Å². The average molecular weight is 266 g/mol. The summed E-state index contributed by atoms with van der Waals surface area (Å²) in [6.45, 7) is 11.0. The minimum Gasteiger partial charge on any atom is -0.367 e. The molecule has 4 heteroatoms. The average Bonchev–Trinajstić information content (AvgIpc) is 2.34. The first kappa shape index (κ1) is 15.9. The summed E-state index contributed by atoms with van der Waals surface area (Å²) in [5, 5.41) is 0. The summed E-state index contributed by atoms with van der Waals surface area (Å²) in [6.07, 6.45) is 2.41. The minimum atomic E-state index is -0.471. The number of rotatable bonds is 7. The molecular weight excluding hydrogens is 240 g/mol. The van der Waals surface area contributed by atoms with Crippen LogP contribution in [0.3, 0.4) is 0 Å². The van der Waals surface area contributed by atoms with Crippen LogP contribution in [0.1, 0.15) is 59.0 Å². The number of hydrogen-bond donors (Lipinski definition) is 1. The van der Waals surface area contributed by atoms with Crippen molar-refractivity contribution in [1.82, 2.24) is 9.97 Å². The van der Waals surface area contributed by atoms with Gasteiger partial charge in [0.2, 0.25) is 0 Å². The van der Waals surface area contributed by atoms with E-state index in [1.807, 2.05) is 6.92 Å². The minimum absolute atomic E-state index is 0.0911. The van der Waals surface area contributed by atoms with Gasteiger partial charge in [0.1, 0.15) is 11.4 Å². The van der Waals surface area contributed by atoms with Crippen LogP contribution >= 0.6 is 0 Å². The maximum absolute atomic E-state index is 11.8. The van der Waals surface area contributed by atoms with E-state index in [0.29, 0.717) is 18.3 Å². The highest BCUT2D eigenvalue weighted by atomic mass is 16.5. The molecule has 4 nitrogen and oxygen atoms in total. The number of ether oxygens (including phenoxy) is 1. The topological polar surface area (TPSA) is 55.0 Å². The highest BCUT2D eigenvalue weighted by molar-refractivity contribution is 5.09. The van der Waals surface area contributed by atoms with Gasteiger partial charge < -0.3 is 9.72 Å². The van der Waals surface area contributed by atoms with Gasteiger partial charge in [-0.05, 0) is 32.1 Å². The number of aromatic amines is 1. The van der Waals surface area contributed by atoms with Crippen molar-refractivity contribution < 1.29 is 4.74 Å². The van der Waals surface area contributed by atoms with E-state index >= 15 is 0 Å². The molecule has 1 N–H and O–H groups in total. The molecule has 1 aromatic rings. The fourth-order valence-electron chi connectivity index (χ4n) is 2.38. The third-order valence-corrected chi connectivity index (χ3v) is 3.41. The second-order valence-electron chi connectivity index (χ2n) is 5.32. The summed E-state index contributed by atoms with van der Waals surface area (Å²) < 4.78 is 5.90. The Hall–Kier alpha value is -1.16. The smallest absolute Gasteiger partial charge is 0.251 e. The molecule has 0 fully saturated rings. The van der Waals surface area contributed by atoms with Crippen molar-refractivity contribution in [2.24, 2.45) is 5.92 Å². The third kappa shape index (κ3) is 3.90. The molecule has 0 atom stereocenters. The van der Waals surface area contributed by atoms with Gasteiger partial charge in [0.15, 0.2) is 0 Å². The van der Waals surface area contributed by atoms with Crippen molar-refractivity contribution in [3.8, 4) is 0 Å². The van der Waals surface area contributed by atoms with Crippen LogP contribution in [-0.2, 0) is 16.8 Å². The second-order valence-corrected chi connectivity index (χ2v) is 5.32. The van der Waals surface area contributed by atoms with Gasteiger partial charge in [0.05, 0.1) is 0 Å². The van der Waals surface area contributed by atoms with Crippen molar-refractivity contribution in [3.05, 3.63) is 27.9 Å². The van der Waals surface area contributed by atoms with Crippen LogP contribution in [0.15, 0.2) is 10.9 Å². The number of aromatic nitrogens is 2. The summed E-state index contributed by atoms with van der Waals surface area (Å²) in [6, 6.07) is 1.59. The fraction of sp³-hybridized carbons (Fsp3) is 0.733. The molecule has 108 valence electrons. The molecule has 0 aliphatic heterocycles. The molecule has 1 rings (SSSR count). The summed E-state index contributed by atoms with van der Waals surface area (Å²) in [5.74, 6) is 1.15. The zero-order valence-corrected chi connectivity index (χ0v) is 12.7. The Morgan fingerprint density at radius 3 is 2.42 bits per heavy atom. The molecule has 0 aromatic carbocycles. The first-order valence-corrected chi connectivity index (χ1v) is 7.22. The van der Waals surface area contributed by atoms with Crippen molar-refractivity contribution in [1.29, 1.82) is 0 Å². The van der Waals surface area contributed by atoms with E-state index in [2.05, 4.69) is 37.7 Å². The summed E-state index contributed by atoms with van der Waals surface area (Å²) in [7, 11) is 0. The zero-order valence-electron chi connectivity index (χ0n) is 12.7. The molecule has 1 heterocycles. The molecule has 0 saturated heterocycles. The predicted octanol–water partition coefficient (Wildman–Crippen LogP) is 3.02. The van der Waals surface area contributed by atoms with Gasteiger partial charge in [-0.3, -0.25) is 4.79 Å². The first-order valence-electron chi connectivity index (χ1n) is 7.22. The fourth-order valence-corrected chi connectivity index (χ4v) is 2.38. The largest absolute Gasteiger partial charge is 0.367 e. The highest BCUT2D eigenvalue weighted by Gasteiger charge is 2.32. The Kier molecular flexibility index (Phi) is 5.73. The van der Waals surface area contributed by atoms with Gasteiger partial charge in [-0.15, -0.1) is 0 Å². The van der Waals surface area contributed by atoms with Gasteiger partial charge in [0.25, 0.3) is 5.56 Å². The standard InChI is InChI=1S/C15H26N2O2/c1-6-15(7-2,19-8-3)14-16-12(9-11(4)5)10-13(18)17-14/h10-11H,6-9H2,1-5H3,(H,16,17,18). The molecular formula is C15H26N2O2. The van der Waals surface area contributed by atoms with Crippen molar-refractivity contribution in [2.75, 3.05) is 6.61 Å². The van der Waals surface area contributed by atoms with Gasteiger partial charge in [-0.2, -0.15) is 0 Å². The highest BCUT2D eigenvalue weighted by Crippen LogP contribution is 2.30. The third-order valence-electron chi connectivity index (χ3n) is 3.41. The quantitative estimate of drug-likeness (QED) is 0.825. The second kappa shape index (κ2) is 6.85. The summed E-state index contributed by atoms with van der Waals surface area (Å²) in [4.78, 5) is 19.3. The Morgan fingerprint density at radius 2 is 1.95 bits per heavy atom. The molecule has 0 bridgehead atoms. The lowest BCUT2D eigenvalue weighted by Gasteiger charge is -2.30. The lowest BCUT2D eigenvalue weighted by atomic mass is 9.95. The molecule has 0 aliphatic carbocycles. The maximum Gasteiger partial charge on any atom is 0.251 e. The van der Waals surface area contributed by atoms with E-state index in [4.69, 9.17) is 4.74 Å². The van der Waals surface area contributed by atoms with Crippen LogP contribution in [0.2, 0.25) is 0 Å². The van der Waals surface area contributed by atoms with Gasteiger partial charge in [-0.1, -0.05) is 27.7 Å². The van der Waals surface area contributed by atoms with E-state index < -0.39 is 5.60 Å². The molecule has 0 amide bonds. The van der Waals surface area contributed by atoms with E-state index in [-0.39, 0.29) is 5.56 Å². The molecule has 0 saturated carbocycles. The van der Waals surface area contributed by atoms with Gasteiger partial charge >= 0.3 is 0 Å². The molecule has 0 radical (unpaired) electrons. The van der Waals surface area contributed by atoms with E-state index in [9.17, 15) is 4.79 Å². The van der Waals surface area contributed by atoms with Gasteiger partial charge in [-0.25, -0.2) is 4.98 Å². The van der Waals surface area contributed by atoms with Crippen molar-refractivity contribution in [2.45, 2.75) is 59.5 Å². The Balaban J connectivity index is 3.23. The molecule has 0 aliphatic rings. The van der Waals surface area contributed by atoms with Crippen LogP contribution in [-0.4, -0.2) is 16.6 Å². The monoisotopic (exact) mass is 266 g/mol. The zero-order chi connectivity index (χ0) is 14.5. The van der Waals surface area contributed by atoms with E-state index in [1.54, 1.807) is 6.07 Å². The summed E-state index contributed by atoms with van der Waals surface area (Å²) in [5.41, 5.74) is 0.285. The van der Waals surface area contributed by atoms with Crippen LogP contribution in [0.25, 0.3) is 0 Å². The molecule has 19 heavy (non-hydrogen) atoms. The van der Waals surface area contributed by atoms with E-state index in [1.165, 1.54) is 0 Å². The lowest BCUT2D eigenvalue weighted by Crippen LogP contribution is -2.33. The van der Waals surface area contributed by atoms with Crippen LogP contribution in [0.4, 0.5) is 0 Å². The summed E-state index contributed by atoms with van der Waals surface area (Å²) >= 11 is 0. The Morgan fingerprint density at radius 1 is 1.32 bits per heavy atom. The van der Waals surface area contributed by atoms with Crippen molar-refractivity contribution in [3.63, 3.8) is 0 Å². The molecule has 0 spiro atoms. The number of nitrogens with one attached hydrogen (secondary N) is 1. The number of nitrogens with zero attached hydrogens (tertiary/aromatic N) is 1. The molecule has 0 unspecified atom stereocenters. The van der Waals surface area contributed by atoms with Crippen molar-refractivity contribution >= 4 is 0 Å². The first-order chi connectivity index (χ1) is 8.97. The molecule has 1 aromatic heterocycles. The number of H-pyrrole nitrogens is 1. The van der Waals surface area contributed by atoms with Crippen LogP contribution in [0, 0.1) is 5.92 Å². The SMILES string of the molecule is CCOC(CC)(CC)c1nc(CC(C)C)cc(=O)[nH]1. The van der Waals surface area contributed by atoms with Crippen LogP contribution in [0.5, 0.6) is 0 Å².